The minimum absolute atomic E-state index is 0.0681. The molecule has 2 aromatic heterocycles. The summed E-state index contributed by atoms with van der Waals surface area (Å²) in [6.07, 6.45) is 3.49. The van der Waals surface area contributed by atoms with Crippen LogP contribution in [0.1, 0.15) is 24.3 Å². The van der Waals surface area contributed by atoms with Crippen LogP contribution in [0.2, 0.25) is 0 Å². The number of rotatable bonds is 6. The Morgan fingerprint density at radius 1 is 1.40 bits per heavy atom. The molecule has 5 nitrogen and oxygen atoms in total. The molecule has 1 unspecified atom stereocenters. The highest BCUT2D eigenvalue weighted by Gasteiger charge is 2.12. The summed E-state index contributed by atoms with van der Waals surface area (Å²) in [5, 5.41) is 12.2. The Morgan fingerprint density at radius 3 is 2.75 bits per heavy atom. The molecule has 0 aliphatic rings. The molecule has 108 valence electrons. The number of furan rings is 1. The third kappa shape index (κ3) is 3.30. The second-order valence-corrected chi connectivity index (χ2v) is 4.88. The molecule has 2 rings (SSSR count). The normalized spacial score (nSPS) is 12.2. The number of likely N-dealkylation sites (N-methyl/N-ethyl adjacent to an activating group) is 1. The molecule has 0 aliphatic carbocycles. The summed E-state index contributed by atoms with van der Waals surface area (Å²) in [7, 11) is 1.93. The van der Waals surface area contributed by atoms with Crippen LogP contribution in [-0.4, -0.2) is 30.3 Å². The highest BCUT2D eigenvalue weighted by atomic mass is 16.3. The van der Waals surface area contributed by atoms with Gasteiger partial charge >= 0.3 is 0 Å². The molecule has 0 spiro atoms. The molecular weight excluding hydrogens is 254 g/mol. The molecule has 1 atom stereocenters. The molecule has 20 heavy (non-hydrogen) atoms. The Labute approximate surface area is 119 Å². The zero-order valence-corrected chi connectivity index (χ0v) is 12.1. The Hall–Kier alpha value is -2.01. The zero-order valence-electron chi connectivity index (χ0n) is 12.1. The van der Waals surface area contributed by atoms with Gasteiger partial charge in [-0.3, -0.25) is 0 Å². The second-order valence-electron chi connectivity index (χ2n) is 4.88. The Morgan fingerprint density at radius 2 is 2.20 bits per heavy atom. The number of hydrogen-bond donors (Lipinski definition) is 2. The topological polar surface area (TPSA) is 61.5 Å². The second kappa shape index (κ2) is 6.43. The number of aliphatic hydroxyl groups is 1. The van der Waals surface area contributed by atoms with Crippen molar-refractivity contribution >= 4 is 11.5 Å². The molecule has 0 amide bonds. The number of pyridine rings is 1. The fraction of sp³-hybridized carbons (Fsp3) is 0.400. The first-order chi connectivity index (χ1) is 9.61. The Bertz CT molecular complexity index is 536. The maximum absolute atomic E-state index is 8.92. The summed E-state index contributed by atoms with van der Waals surface area (Å²) in [4.78, 5) is 6.34. The SMILES string of the molecule is Cc1ccoc1C(C)Nc1ccc(N(C)CCO)cn1. The van der Waals surface area contributed by atoms with Crippen LogP contribution in [0.3, 0.4) is 0 Å². The maximum atomic E-state index is 8.92. The van der Waals surface area contributed by atoms with Crippen molar-refractivity contribution in [2.24, 2.45) is 0 Å². The molecule has 2 aromatic rings. The first-order valence-electron chi connectivity index (χ1n) is 6.70. The van der Waals surface area contributed by atoms with Gasteiger partial charge in [0, 0.05) is 13.6 Å². The number of hydrogen-bond acceptors (Lipinski definition) is 5. The van der Waals surface area contributed by atoms with E-state index in [1.165, 1.54) is 0 Å². The molecule has 0 radical (unpaired) electrons. The highest BCUT2D eigenvalue weighted by Crippen LogP contribution is 2.22. The van der Waals surface area contributed by atoms with Crippen LogP contribution in [0.15, 0.2) is 35.1 Å². The number of anilines is 2. The van der Waals surface area contributed by atoms with Crippen LogP contribution < -0.4 is 10.2 Å². The Balaban J connectivity index is 2.02. The Kier molecular flexibility index (Phi) is 4.63. The first kappa shape index (κ1) is 14.4. The maximum Gasteiger partial charge on any atom is 0.128 e. The fourth-order valence-corrected chi connectivity index (χ4v) is 2.09. The van der Waals surface area contributed by atoms with E-state index in [2.05, 4.69) is 10.3 Å². The van der Waals surface area contributed by atoms with E-state index < -0.39 is 0 Å². The molecule has 0 fully saturated rings. The average Bonchev–Trinajstić information content (AvgIpc) is 2.86. The smallest absolute Gasteiger partial charge is 0.128 e. The van der Waals surface area contributed by atoms with Gasteiger partial charge in [-0.1, -0.05) is 0 Å². The van der Waals surface area contributed by atoms with Crippen LogP contribution in [-0.2, 0) is 0 Å². The van der Waals surface area contributed by atoms with Gasteiger partial charge in [0.25, 0.3) is 0 Å². The van der Waals surface area contributed by atoms with Crippen LogP contribution in [0, 0.1) is 6.92 Å². The molecule has 0 aliphatic heterocycles. The molecule has 0 bridgehead atoms. The van der Waals surface area contributed by atoms with Gasteiger partial charge in [-0.15, -0.1) is 0 Å². The molecule has 2 heterocycles. The summed E-state index contributed by atoms with van der Waals surface area (Å²) >= 11 is 0. The number of nitrogens with zero attached hydrogens (tertiary/aromatic N) is 2. The number of aliphatic hydroxyl groups excluding tert-OH is 1. The van der Waals surface area contributed by atoms with E-state index in [9.17, 15) is 0 Å². The van der Waals surface area contributed by atoms with Crippen molar-refractivity contribution in [3.05, 3.63) is 42.0 Å². The summed E-state index contributed by atoms with van der Waals surface area (Å²) in [6, 6.07) is 5.93. The van der Waals surface area contributed by atoms with Crippen molar-refractivity contribution in [3.63, 3.8) is 0 Å². The van der Waals surface area contributed by atoms with Crippen molar-refractivity contribution in [2.75, 3.05) is 30.4 Å². The lowest BCUT2D eigenvalue weighted by Crippen LogP contribution is -2.21. The minimum Gasteiger partial charge on any atom is -0.467 e. The van der Waals surface area contributed by atoms with E-state index in [0.29, 0.717) is 6.54 Å². The van der Waals surface area contributed by atoms with Crippen molar-refractivity contribution < 1.29 is 9.52 Å². The van der Waals surface area contributed by atoms with Gasteiger partial charge in [-0.2, -0.15) is 0 Å². The summed E-state index contributed by atoms with van der Waals surface area (Å²) < 4.78 is 5.47. The molecule has 0 saturated carbocycles. The van der Waals surface area contributed by atoms with E-state index in [1.54, 1.807) is 12.5 Å². The van der Waals surface area contributed by atoms with Gasteiger partial charge in [0.1, 0.15) is 11.6 Å². The van der Waals surface area contributed by atoms with E-state index in [1.807, 2.05) is 44.0 Å². The van der Waals surface area contributed by atoms with E-state index >= 15 is 0 Å². The average molecular weight is 275 g/mol. The predicted octanol–water partition coefficient (Wildman–Crippen LogP) is 2.58. The third-order valence-electron chi connectivity index (χ3n) is 3.28. The van der Waals surface area contributed by atoms with E-state index in [-0.39, 0.29) is 12.6 Å². The largest absolute Gasteiger partial charge is 0.467 e. The molecule has 5 heteroatoms. The molecule has 0 saturated heterocycles. The molecule has 0 aromatic carbocycles. The zero-order chi connectivity index (χ0) is 14.5. The summed E-state index contributed by atoms with van der Waals surface area (Å²) in [6.45, 7) is 4.79. The monoisotopic (exact) mass is 275 g/mol. The molecule has 2 N–H and O–H groups in total. The van der Waals surface area contributed by atoms with Crippen LogP contribution >= 0.6 is 0 Å². The van der Waals surface area contributed by atoms with Gasteiger partial charge in [-0.05, 0) is 37.6 Å². The summed E-state index contributed by atoms with van der Waals surface area (Å²) in [5.41, 5.74) is 2.11. The van der Waals surface area contributed by atoms with Crippen molar-refractivity contribution in [2.45, 2.75) is 19.9 Å². The number of aryl methyl sites for hydroxylation is 1. The fourth-order valence-electron chi connectivity index (χ4n) is 2.09. The van der Waals surface area contributed by atoms with Gasteiger partial charge in [0.2, 0.25) is 0 Å². The predicted molar refractivity (Wildman–Crippen MR) is 80.1 cm³/mol. The summed E-state index contributed by atoms with van der Waals surface area (Å²) in [5.74, 6) is 1.72. The van der Waals surface area contributed by atoms with Crippen LogP contribution in [0.4, 0.5) is 11.5 Å². The van der Waals surface area contributed by atoms with Crippen molar-refractivity contribution in [1.29, 1.82) is 0 Å². The van der Waals surface area contributed by atoms with Crippen LogP contribution in [0.5, 0.6) is 0 Å². The van der Waals surface area contributed by atoms with E-state index in [4.69, 9.17) is 9.52 Å². The van der Waals surface area contributed by atoms with E-state index in [0.717, 1.165) is 22.8 Å². The van der Waals surface area contributed by atoms with Gasteiger partial charge in [0.05, 0.1) is 30.8 Å². The van der Waals surface area contributed by atoms with Gasteiger partial charge in [-0.25, -0.2) is 4.98 Å². The third-order valence-corrected chi connectivity index (χ3v) is 3.28. The van der Waals surface area contributed by atoms with Crippen molar-refractivity contribution in [3.8, 4) is 0 Å². The molecular formula is C15H21N3O2. The first-order valence-corrected chi connectivity index (χ1v) is 6.70. The lowest BCUT2D eigenvalue weighted by Gasteiger charge is -2.18. The highest BCUT2D eigenvalue weighted by molar-refractivity contribution is 5.49. The standard InChI is InChI=1S/C15H21N3O2/c1-11-6-9-20-15(11)12(2)17-14-5-4-13(10-16-14)18(3)7-8-19/h4-6,9-10,12,19H,7-8H2,1-3H3,(H,16,17). The van der Waals surface area contributed by atoms with Crippen molar-refractivity contribution in [1.82, 2.24) is 4.98 Å². The lowest BCUT2D eigenvalue weighted by molar-refractivity contribution is 0.304. The van der Waals surface area contributed by atoms with Gasteiger partial charge in [0.15, 0.2) is 0 Å². The lowest BCUT2D eigenvalue weighted by atomic mass is 10.2. The quantitative estimate of drug-likeness (QED) is 0.848. The van der Waals surface area contributed by atoms with Crippen LogP contribution in [0.25, 0.3) is 0 Å². The number of nitrogens with one attached hydrogen (secondary N) is 1. The number of aromatic nitrogens is 1. The minimum atomic E-state index is 0.0681. The van der Waals surface area contributed by atoms with Gasteiger partial charge < -0.3 is 19.7 Å².